The Morgan fingerprint density at radius 1 is 1.21 bits per heavy atom. The maximum Gasteiger partial charge on any atom is 0.226 e. The zero-order valence-electron chi connectivity index (χ0n) is 16.5. The van der Waals surface area contributed by atoms with Crippen LogP contribution in [0.4, 0.5) is 5.69 Å². The van der Waals surface area contributed by atoms with Gasteiger partial charge in [0.25, 0.3) is 0 Å². The van der Waals surface area contributed by atoms with Crippen molar-refractivity contribution in [2.24, 2.45) is 0 Å². The Labute approximate surface area is 169 Å². The lowest BCUT2D eigenvalue weighted by Crippen LogP contribution is -2.16. The Morgan fingerprint density at radius 3 is 2.68 bits per heavy atom. The third-order valence-electron chi connectivity index (χ3n) is 4.57. The molecule has 1 aromatic carbocycles. The molecule has 3 aromatic rings. The largest absolute Gasteiger partial charge is 0.497 e. The summed E-state index contributed by atoms with van der Waals surface area (Å²) in [5.41, 5.74) is 4.28. The Hall–Kier alpha value is -2.80. The van der Waals surface area contributed by atoms with Crippen molar-refractivity contribution in [1.29, 1.82) is 0 Å². The van der Waals surface area contributed by atoms with Crippen molar-refractivity contribution in [1.82, 2.24) is 19.6 Å². The lowest BCUT2D eigenvalue weighted by Gasteiger charge is -2.08. The third kappa shape index (κ3) is 4.54. The van der Waals surface area contributed by atoms with E-state index >= 15 is 0 Å². The first-order valence-corrected chi connectivity index (χ1v) is 9.41. The quantitative estimate of drug-likeness (QED) is 0.654. The summed E-state index contributed by atoms with van der Waals surface area (Å²) in [7, 11) is 1.65. The summed E-state index contributed by atoms with van der Waals surface area (Å²) < 4.78 is 8.84. The van der Waals surface area contributed by atoms with E-state index in [1.54, 1.807) is 18.0 Å². The van der Waals surface area contributed by atoms with Crippen LogP contribution in [0.3, 0.4) is 0 Å². The predicted octanol–water partition coefficient (Wildman–Crippen LogP) is 3.74. The molecule has 28 heavy (non-hydrogen) atoms. The Morgan fingerprint density at radius 2 is 2.00 bits per heavy atom. The standard InChI is InChI=1S/C20H24ClN5O2/c1-13-18(21)12-25(23-13)9-8-19(27)22-20-14(2)24-26(15(20)3)11-16-6-5-7-17(10-16)28-4/h5-7,10,12H,8-9,11H2,1-4H3,(H,22,27). The van der Waals surface area contributed by atoms with Gasteiger partial charge in [-0.3, -0.25) is 14.2 Å². The molecule has 2 heterocycles. The van der Waals surface area contributed by atoms with Gasteiger partial charge in [0, 0.05) is 19.2 Å². The number of hydrogen-bond acceptors (Lipinski definition) is 4. The molecule has 0 bridgehead atoms. The highest BCUT2D eigenvalue weighted by Crippen LogP contribution is 2.22. The van der Waals surface area contributed by atoms with E-state index in [1.807, 2.05) is 49.7 Å². The molecule has 0 aliphatic carbocycles. The number of amides is 1. The topological polar surface area (TPSA) is 74.0 Å². The van der Waals surface area contributed by atoms with Gasteiger partial charge in [0.05, 0.1) is 41.4 Å². The number of methoxy groups -OCH3 is 1. The van der Waals surface area contributed by atoms with E-state index in [1.165, 1.54) is 0 Å². The number of anilines is 1. The number of carbonyl (C=O) groups excluding carboxylic acids is 1. The number of rotatable bonds is 7. The van der Waals surface area contributed by atoms with Gasteiger partial charge in [-0.25, -0.2) is 0 Å². The van der Waals surface area contributed by atoms with Crippen molar-refractivity contribution in [3.8, 4) is 5.75 Å². The van der Waals surface area contributed by atoms with Crippen molar-refractivity contribution in [3.63, 3.8) is 0 Å². The van der Waals surface area contributed by atoms with E-state index < -0.39 is 0 Å². The van der Waals surface area contributed by atoms with Crippen LogP contribution in [0.25, 0.3) is 0 Å². The van der Waals surface area contributed by atoms with E-state index in [2.05, 4.69) is 15.5 Å². The maximum absolute atomic E-state index is 12.4. The predicted molar refractivity (Wildman–Crippen MR) is 109 cm³/mol. The fourth-order valence-corrected chi connectivity index (χ4v) is 3.15. The minimum Gasteiger partial charge on any atom is -0.497 e. The number of carbonyl (C=O) groups is 1. The first-order chi connectivity index (χ1) is 13.4. The molecule has 1 N–H and O–H groups in total. The molecular weight excluding hydrogens is 378 g/mol. The molecule has 0 aliphatic heterocycles. The molecule has 7 nitrogen and oxygen atoms in total. The van der Waals surface area contributed by atoms with Crippen LogP contribution in [0.2, 0.25) is 5.02 Å². The Balaban J connectivity index is 1.66. The first-order valence-electron chi connectivity index (χ1n) is 9.03. The highest BCUT2D eigenvalue weighted by atomic mass is 35.5. The van der Waals surface area contributed by atoms with Gasteiger partial charge in [-0.2, -0.15) is 10.2 Å². The minimum absolute atomic E-state index is 0.0867. The number of ether oxygens (including phenoxy) is 1. The van der Waals surface area contributed by atoms with E-state index in [-0.39, 0.29) is 5.91 Å². The van der Waals surface area contributed by atoms with E-state index in [0.717, 1.165) is 34.1 Å². The molecule has 1 amide bonds. The fraction of sp³-hybridized carbons (Fsp3) is 0.350. The fourth-order valence-electron chi connectivity index (χ4n) is 3.00. The molecule has 0 radical (unpaired) electrons. The summed E-state index contributed by atoms with van der Waals surface area (Å²) in [6, 6.07) is 7.86. The van der Waals surface area contributed by atoms with Crippen LogP contribution in [0, 0.1) is 20.8 Å². The Bertz CT molecular complexity index is 973. The summed E-state index contributed by atoms with van der Waals surface area (Å²) >= 11 is 6.00. The molecule has 0 unspecified atom stereocenters. The Kier molecular flexibility index (Phi) is 6.04. The SMILES string of the molecule is COc1cccc(Cn2nc(C)c(NC(=O)CCn3cc(Cl)c(C)n3)c2C)c1. The van der Waals surface area contributed by atoms with Gasteiger partial charge in [0.15, 0.2) is 0 Å². The van der Waals surface area contributed by atoms with E-state index in [4.69, 9.17) is 16.3 Å². The van der Waals surface area contributed by atoms with Crippen LogP contribution in [0.5, 0.6) is 5.75 Å². The molecular formula is C20H24ClN5O2. The maximum atomic E-state index is 12.4. The van der Waals surface area contributed by atoms with Gasteiger partial charge in [-0.15, -0.1) is 0 Å². The highest BCUT2D eigenvalue weighted by Gasteiger charge is 2.15. The highest BCUT2D eigenvalue weighted by molar-refractivity contribution is 6.31. The van der Waals surface area contributed by atoms with Crippen LogP contribution in [0.1, 0.15) is 29.1 Å². The number of hydrogen-bond donors (Lipinski definition) is 1. The molecule has 3 rings (SSSR count). The van der Waals surface area contributed by atoms with Crippen molar-refractivity contribution >= 4 is 23.2 Å². The monoisotopic (exact) mass is 401 g/mol. The van der Waals surface area contributed by atoms with E-state index in [9.17, 15) is 4.79 Å². The summed E-state index contributed by atoms with van der Waals surface area (Å²) in [6.07, 6.45) is 2.03. The molecule has 2 aromatic heterocycles. The van der Waals surface area contributed by atoms with Gasteiger partial charge in [0.2, 0.25) is 5.91 Å². The van der Waals surface area contributed by atoms with Crippen LogP contribution < -0.4 is 10.1 Å². The molecule has 0 saturated heterocycles. The van der Waals surface area contributed by atoms with E-state index in [0.29, 0.717) is 24.5 Å². The average Bonchev–Trinajstić information content (AvgIpc) is 3.13. The third-order valence-corrected chi connectivity index (χ3v) is 4.94. The summed E-state index contributed by atoms with van der Waals surface area (Å²) in [5.74, 6) is 0.720. The molecule has 0 atom stereocenters. The van der Waals surface area contributed by atoms with Crippen molar-refractivity contribution in [3.05, 3.63) is 58.1 Å². The van der Waals surface area contributed by atoms with Gasteiger partial charge in [-0.05, 0) is 38.5 Å². The number of aryl methyl sites for hydroxylation is 3. The first kappa shape index (κ1) is 19.9. The summed E-state index contributed by atoms with van der Waals surface area (Å²) in [4.78, 5) is 12.4. The lowest BCUT2D eigenvalue weighted by molar-refractivity contribution is -0.116. The van der Waals surface area contributed by atoms with Crippen LogP contribution in [0.15, 0.2) is 30.5 Å². The number of benzene rings is 1. The van der Waals surface area contributed by atoms with Crippen LogP contribution in [-0.2, 0) is 17.9 Å². The molecule has 148 valence electrons. The van der Waals surface area contributed by atoms with Crippen LogP contribution >= 0.6 is 11.6 Å². The second kappa shape index (κ2) is 8.48. The summed E-state index contributed by atoms with van der Waals surface area (Å²) in [6.45, 7) is 6.75. The minimum atomic E-state index is -0.0867. The van der Waals surface area contributed by atoms with Gasteiger partial charge in [0.1, 0.15) is 5.75 Å². The number of nitrogens with zero attached hydrogens (tertiary/aromatic N) is 4. The molecule has 0 aliphatic rings. The lowest BCUT2D eigenvalue weighted by atomic mass is 10.2. The zero-order chi connectivity index (χ0) is 20.3. The second-order valence-corrected chi connectivity index (χ2v) is 7.09. The number of halogens is 1. The van der Waals surface area contributed by atoms with Gasteiger partial charge >= 0.3 is 0 Å². The normalized spacial score (nSPS) is 10.9. The van der Waals surface area contributed by atoms with Crippen molar-refractivity contribution < 1.29 is 9.53 Å². The van der Waals surface area contributed by atoms with Crippen molar-refractivity contribution in [2.75, 3.05) is 12.4 Å². The van der Waals surface area contributed by atoms with Crippen LogP contribution in [-0.4, -0.2) is 32.6 Å². The smallest absolute Gasteiger partial charge is 0.226 e. The number of nitrogens with one attached hydrogen (secondary N) is 1. The summed E-state index contributed by atoms with van der Waals surface area (Å²) in [5, 5.41) is 12.4. The molecule has 0 spiro atoms. The average molecular weight is 402 g/mol. The molecule has 0 saturated carbocycles. The zero-order valence-corrected chi connectivity index (χ0v) is 17.2. The van der Waals surface area contributed by atoms with Crippen molar-refractivity contribution in [2.45, 2.75) is 40.3 Å². The number of aromatic nitrogens is 4. The second-order valence-electron chi connectivity index (χ2n) is 6.68. The molecule has 8 heteroatoms. The molecule has 0 fully saturated rings. The van der Waals surface area contributed by atoms with Gasteiger partial charge in [-0.1, -0.05) is 23.7 Å². The van der Waals surface area contributed by atoms with Gasteiger partial charge < -0.3 is 10.1 Å².